The molecule has 1 fully saturated rings. The third-order valence-corrected chi connectivity index (χ3v) is 5.64. The Bertz CT molecular complexity index is 866. The smallest absolute Gasteiger partial charge is 0.124 e. The van der Waals surface area contributed by atoms with Crippen LogP contribution in [-0.4, -0.2) is 40.3 Å². The molecule has 0 bridgehead atoms. The molecule has 0 radical (unpaired) electrons. The van der Waals surface area contributed by atoms with E-state index < -0.39 is 0 Å². The zero-order valence-electron chi connectivity index (χ0n) is 16.3. The number of hydrogen-bond donors (Lipinski definition) is 0. The van der Waals surface area contributed by atoms with Crippen molar-refractivity contribution in [1.82, 2.24) is 14.5 Å². The topological polar surface area (TPSA) is 30.3 Å². The lowest BCUT2D eigenvalue weighted by Gasteiger charge is -2.32. The zero-order chi connectivity index (χ0) is 18.6. The lowest BCUT2D eigenvalue weighted by molar-refractivity contribution is 0.0118. The summed E-state index contributed by atoms with van der Waals surface area (Å²) in [5.41, 5.74) is 3.62. The maximum Gasteiger partial charge on any atom is 0.124 e. The van der Waals surface area contributed by atoms with Crippen molar-refractivity contribution in [2.75, 3.05) is 19.7 Å². The van der Waals surface area contributed by atoms with Gasteiger partial charge in [-0.3, -0.25) is 4.90 Å². The summed E-state index contributed by atoms with van der Waals surface area (Å²) in [6, 6.07) is 19.5. The fourth-order valence-electron chi connectivity index (χ4n) is 4.19. The van der Waals surface area contributed by atoms with Gasteiger partial charge in [0.05, 0.1) is 29.7 Å². The van der Waals surface area contributed by atoms with Gasteiger partial charge in [-0.25, -0.2) is 4.98 Å². The van der Waals surface area contributed by atoms with E-state index in [1.807, 2.05) is 0 Å². The number of imidazole rings is 1. The number of benzene rings is 2. The standard InChI is InChI=1S/C23H29N3O/c1-3-27-20-13-15-25(16-14-20)17-23-24-21-11-7-8-12-22(21)26(23)18(2)19-9-5-4-6-10-19/h4-12,18,20H,3,13-17H2,1-2H3. The zero-order valence-corrected chi connectivity index (χ0v) is 16.3. The maximum atomic E-state index is 5.80. The lowest BCUT2D eigenvalue weighted by atomic mass is 10.1. The molecule has 0 amide bonds. The molecule has 1 unspecified atom stereocenters. The molecule has 4 rings (SSSR count). The molecule has 1 aromatic heterocycles. The van der Waals surface area contributed by atoms with E-state index in [-0.39, 0.29) is 6.04 Å². The van der Waals surface area contributed by atoms with E-state index in [0.29, 0.717) is 6.10 Å². The number of ether oxygens (including phenoxy) is 1. The van der Waals surface area contributed by atoms with E-state index in [4.69, 9.17) is 9.72 Å². The first kappa shape index (κ1) is 18.2. The fourth-order valence-corrected chi connectivity index (χ4v) is 4.19. The van der Waals surface area contributed by atoms with Crippen molar-refractivity contribution in [2.24, 2.45) is 0 Å². The Morgan fingerprint density at radius 1 is 1.04 bits per heavy atom. The molecular formula is C23H29N3O. The minimum absolute atomic E-state index is 0.259. The van der Waals surface area contributed by atoms with E-state index in [9.17, 15) is 0 Å². The van der Waals surface area contributed by atoms with E-state index in [1.54, 1.807) is 0 Å². The van der Waals surface area contributed by atoms with Crippen LogP contribution in [0, 0.1) is 0 Å². The highest BCUT2D eigenvalue weighted by molar-refractivity contribution is 5.76. The molecule has 1 atom stereocenters. The first-order chi connectivity index (χ1) is 13.3. The van der Waals surface area contributed by atoms with E-state index in [0.717, 1.165) is 50.4 Å². The predicted octanol–water partition coefficient (Wildman–Crippen LogP) is 4.65. The molecule has 3 aromatic rings. The quantitative estimate of drug-likeness (QED) is 0.639. The summed E-state index contributed by atoms with van der Waals surface area (Å²) in [7, 11) is 0. The Kier molecular flexibility index (Phi) is 5.55. The van der Waals surface area contributed by atoms with Crippen LogP contribution >= 0.6 is 0 Å². The number of para-hydroxylation sites is 2. The SMILES string of the molecule is CCOC1CCN(Cc2nc3ccccc3n2C(C)c2ccccc2)CC1. The fraction of sp³-hybridized carbons (Fsp3) is 0.435. The molecule has 4 heteroatoms. The van der Waals surface area contributed by atoms with Gasteiger partial charge < -0.3 is 9.30 Å². The Hall–Kier alpha value is -2.17. The van der Waals surface area contributed by atoms with Crippen molar-refractivity contribution >= 4 is 11.0 Å². The Morgan fingerprint density at radius 2 is 1.74 bits per heavy atom. The molecule has 0 N–H and O–H groups in total. The minimum atomic E-state index is 0.259. The van der Waals surface area contributed by atoms with Gasteiger partial charge in [0.15, 0.2) is 0 Å². The highest BCUT2D eigenvalue weighted by Crippen LogP contribution is 2.27. The van der Waals surface area contributed by atoms with Crippen LogP contribution in [0.3, 0.4) is 0 Å². The van der Waals surface area contributed by atoms with Crippen molar-refractivity contribution in [3.05, 3.63) is 66.0 Å². The van der Waals surface area contributed by atoms with Crippen LogP contribution in [-0.2, 0) is 11.3 Å². The second-order valence-corrected chi connectivity index (χ2v) is 7.40. The van der Waals surface area contributed by atoms with Crippen LogP contribution in [0.25, 0.3) is 11.0 Å². The van der Waals surface area contributed by atoms with Gasteiger partial charge in [-0.2, -0.15) is 0 Å². The van der Waals surface area contributed by atoms with Crippen LogP contribution in [0.15, 0.2) is 54.6 Å². The monoisotopic (exact) mass is 363 g/mol. The second kappa shape index (κ2) is 8.24. The van der Waals surface area contributed by atoms with Crippen molar-refractivity contribution in [1.29, 1.82) is 0 Å². The molecule has 2 aromatic carbocycles. The second-order valence-electron chi connectivity index (χ2n) is 7.40. The third kappa shape index (κ3) is 3.92. The Labute approximate surface area is 161 Å². The number of fused-ring (bicyclic) bond motifs is 1. The van der Waals surface area contributed by atoms with Crippen LogP contribution in [0.1, 0.15) is 44.1 Å². The lowest BCUT2D eigenvalue weighted by Crippen LogP contribution is -2.37. The van der Waals surface area contributed by atoms with Gasteiger partial charge in [0.1, 0.15) is 5.82 Å². The normalized spacial score (nSPS) is 17.4. The van der Waals surface area contributed by atoms with Gasteiger partial charge in [0, 0.05) is 19.7 Å². The summed E-state index contributed by atoms with van der Waals surface area (Å²) in [5, 5.41) is 0. The van der Waals surface area contributed by atoms with E-state index >= 15 is 0 Å². The number of nitrogens with zero attached hydrogens (tertiary/aromatic N) is 3. The summed E-state index contributed by atoms with van der Waals surface area (Å²) in [6.07, 6.45) is 2.65. The number of hydrogen-bond acceptors (Lipinski definition) is 3. The summed E-state index contributed by atoms with van der Waals surface area (Å²) in [4.78, 5) is 7.52. The van der Waals surface area contributed by atoms with Gasteiger partial charge in [-0.15, -0.1) is 0 Å². The molecule has 0 aliphatic carbocycles. The maximum absolute atomic E-state index is 5.80. The number of aromatic nitrogens is 2. The first-order valence-corrected chi connectivity index (χ1v) is 10.1. The summed E-state index contributed by atoms with van der Waals surface area (Å²) >= 11 is 0. The summed E-state index contributed by atoms with van der Waals surface area (Å²) in [5.74, 6) is 1.16. The molecule has 1 aliphatic rings. The predicted molar refractivity (Wildman–Crippen MR) is 110 cm³/mol. The largest absolute Gasteiger partial charge is 0.378 e. The number of rotatable bonds is 6. The van der Waals surface area contributed by atoms with Crippen molar-refractivity contribution < 1.29 is 4.74 Å². The minimum Gasteiger partial charge on any atom is -0.378 e. The van der Waals surface area contributed by atoms with Crippen LogP contribution < -0.4 is 0 Å². The first-order valence-electron chi connectivity index (χ1n) is 10.1. The molecule has 1 aliphatic heterocycles. The molecule has 1 saturated heterocycles. The van der Waals surface area contributed by atoms with Gasteiger partial charge in [-0.05, 0) is 44.4 Å². The molecular weight excluding hydrogens is 334 g/mol. The molecule has 2 heterocycles. The van der Waals surface area contributed by atoms with Gasteiger partial charge >= 0.3 is 0 Å². The van der Waals surface area contributed by atoms with Gasteiger partial charge in [0.2, 0.25) is 0 Å². The Balaban J connectivity index is 1.61. The molecule has 27 heavy (non-hydrogen) atoms. The third-order valence-electron chi connectivity index (χ3n) is 5.64. The summed E-state index contributed by atoms with van der Waals surface area (Å²) in [6.45, 7) is 8.22. The van der Waals surface area contributed by atoms with Crippen LogP contribution in [0.4, 0.5) is 0 Å². The van der Waals surface area contributed by atoms with Crippen molar-refractivity contribution in [3.63, 3.8) is 0 Å². The molecule has 0 spiro atoms. The highest BCUT2D eigenvalue weighted by Gasteiger charge is 2.23. The van der Waals surface area contributed by atoms with Crippen molar-refractivity contribution in [2.45, 2.75) is 45.4 Å². The van der Waals surface area contributed by atoms with E-state index in [2.05, 4.69) is 77.9 Å². The average molecular weight is 364 g/mol. The van der Waals surface area contributed by atoms with Crippen LogP contribution in [0.2, 0.25) is 0 Å². The molecule has 4 nitrogen and oxygen atoms in total. The highest BCUT2D eigenvalue weighted by atomic mass is 16.5. The average Bonchev–Trinajstić information content (AvgIpc) is 3.07. The van der Waals surface area contributed by atoms with Crippen LogP contribution in [0.5, 0.6) is 0 Å². The van der Waals surface area contributed by atoms with E-state index in [1.165, 1.54) is 11.1 Å². The molecule has 0 saturated carbocycles. The van der Waals surface area contributed by atoms with Crippen molar-refractivity contribution in [3.8, 4) is 0 Å². The van der Waals surface area contributed by atoms with Gasteiger partial charge in [0.25, 0.3) is 0 Å². The number of piperidine rings is 1. The summed E-state index contributed by atoms with van der Waals surface area (Å²) < 4.78 is 8.22. The Morgan fingerprint density at radius 3 is 2.48 bits per heavy atom. The molecule has 142 valence electrons. The number of likely N-dealkylation sites (tertiary alicyclic amines) is 1. The van der Waals surface area contributed by atoms with Gasteiger partial charge in [-0.1, -0.05) is 42.5 Å².